The third kappa shape index (κ3) is 3.74. The highest BCUT2D eigenvalue weighted by Crippen LogP contribution is 2.26. The van der Waals surface area contributed by atoms with Crippen molar-refractivity contribution in [3.8, 4) is 11.1 Å². The first-order valence-corrected chi connectivity index (χ1v) is 8.89. The van der Waals surface area contributed by atoms with E-state index in [2.05, 4.69) is 36.4 Å². The Bertz CT molecular complexity index is 1120. The molecule has 140 valence electrons. The molecule has 0 saturated carbocycles. The van der Waals surface area contributed by atoms with Crippen LogP contribution in [0.1, 0.15) is 16.1 Å². The zero-order chi connectivity index (χ0) is 19.5. The number of benzene rings is 1. The number of nitrogens with one attached hydrogen (secondary N) is 2. The van der Waals surface area contributed by atoms with Gasteiger partial charge < -0.3 is 10.2 Å². The van der Waals surface area contributed by atoms with Gasteiger partial charge in [0.25, 0.3) is 5.91 Å². The maximum atomic E-state index is 12.7. The minimum atomic E-state index is -0.269. The number of aromatic nitrogens is 4. The number of rotatable bonds is 5. The van der Waals surface area contributed by atoms with Crippen molar-refractivity contribution in [3.63, 3.8) is 0 Å². The van der Waals surface area contributed by atoms with Crippen LogP contribution in [0.3, 0.4) is 0 Å². The number of carbonyl (C=O) groups is 1. The lowest BCUT2D eigenvalue weighted by molar-refractivity contribution is 0.102. The Morgan fingerprint density at radius 1 is 1.04 bits per heavy atom. The first kappa shape index (κ1) is 17.8. The average molecular weight is 372 g/mol. The van der Waals surface area contributed by atoms with E-state index in [1.165, 1.54) is 0 Å². The standard InChI is InChI=1S/C21H20N6O/c1-27(2)13-14-9-16(12-23-11-14)15-3-4-19-18(10-15)20(26-25-19)21(28)24-17-5-7-22-8-6-17/h3-12H,13H2,1-2H3,(H,25,26)(H,22,24,28). The Balaban J connectivity index is 1.67. The highest BCUT2D eigenvalue weighted by Gasteiger charge is 2.15. The van der Waals surface area contributed by atoms with Gasteiger partial charge in [-0.25, -0.2) is 0 Å². The SMILES string of the molecule is CN(C)Cc1cncc(-c2ccc3[nH]nc(C(=O)Nc4ccncc4)c3c2)c1. The maximum Gasteiger partial charge on any atom is 0.276 e. The van der Waals surface area contributed by atoms with Crippen molar-refractivity contribution >= 4 is 22.5 Å². The average Bonchev–Trinajstić information content (AvgIpc) is 3.12. The van der Waals surface area contributed by atoms with Crippen molar-refractivity contribution < 1.29 is 4.79 Å². The van der Waals surface area contributed by atoms with Crippen LogP contribution in [0.5, 0.6) is 0 Å². The first-order chi connectivity index (χ1) is 13.6. The molecule has 7 nitrogen and oxygen atoms in total. The van der Waals surface area contributed by atoms with Crippen LogP contribution in [0.4, 0.5) is 5.69 Å². The van der Waals surface area contributed by atoms with Crippen molar-refractivity contribution in [3.05, 3.63) is 72.4 Å². The molecule has 0 fully saturated rings. The number of hydrogen-bond donors (Lipinski definition) is 2. The lowest BCUT2D eigenvalue weighted by Gasteiger charge is -2.10. The molecule has 0 unspecified atom stereocenters. The van der Waals surface area contributed by atoms with Crippen molar-refractivity contribution in [1.82, 2.24) is 25.1 Å². The van der Waals surface area contributed by atoms with Gasteiger partial charge in [-0.05, 0) is 55.6 Å². The highest BCUT2D eigenvalue weighted by atomic mass is 16.1. The predicted molar refractivity (Wildman–Crippen MR) is 109 cm³/mol. The van der Waals surface area contributed by atoms with E-state index in [4.69, 9.17) is 0 Å². The molecule has 4 aromatic rings. The predicted octanol–water partition coefficient (Wildman–Crippen LogP) is 3.33. The third-order valence-corrected chi connectivity index (χ3v) is 4.34. The minimum absolute atomic E-state index is 0.269. The second-order valence-corrected chi connectivity index (χ2v) is 6.84. The fourth-order valence-electron chi connectivity index (χ4n) is 3.09. The number of fused-ring (bicyclic) bond motifs is 1. The van der Waals surface area contributed by atoms with Crippen LogP contribution < -0.4 is 5.32 Å². The molecule has 1 amide bonds. The van der Waals surface area contributed by atoms with E-state index >= 15 is 0 Å². The van der Waals surface area contributed by atoms with Gasteiger partial charge in [-0.15, -0.1) is 0 Å². The number of H-pyrrole nitrogens is 1. The zero-order valence-corrected chi connectivity index (χ0v) is 15.7. The summed E-state index contributed by atoms with van der Waals surface area (Å²) in [5.74, 6) is -0.269. The van der Waals surface area contributed by atoms with Gasteiger partial charge in [0.15, 0.2) is 5.69 Å². The molecule has 0 saturated heterocycles. The smallest absolute Gasteiger partial charge is 0.276 e. The molecule has 7 heteroatoms. The summed E-state index contributed by atoms with van der Waals surface area (Å²) in [7, 11) is 4.05. The van der Waals surface area contributed by atoms with Crippen molar-refractivity contribution in [2.45, 2.75) is 6.54 Å². The molecule has 1 aromatic carbocycles. The molecular formula is C21H20N6O. The van der Waals surface area contributed by atoms with Crippen LogP contribution in [-0.2, 0) is 6.54 Å². The van der Waals surface area contributed by atoms with Crippen LogP contribution >= 0.6 is 0 Å². The monoisotopic (exact) mass is 372 g/mol. The second kappa shape index (κ2) is 7.58. The molecule has 0 aliphatic heterocycles. The summed E-state index contributed by atoms with van der Waals surface area (Å²) in [5.41, 5.74) is 4.95. The fourth-order valence-corrected chi connectivity index (χ4v) is 3.09. The highest BCUT2D eigenvalue weighted by molar-refractivity contribution is 6.11. The summed E-state index contributed by atoms with van der Waals surface area (Å²) >= 11 is 0. The van der Waals surface area contributed by atoms with E-state index in [-0.39, 0.29) is 5.91 Å². The summed E-state index contributed by atoms with van der Waals surface area (Å²) in [5, 5.41) is 10.7. The summed E-state index contributed by atoms with van der Waals surface area (Å²) in [6.07, 6.45) is 6.96. The van der Waals surface area contributed by atoms with Gasteiger partial charge in [0, 0.05) is 48.0 Å². The van der Waals surface area contributed by atoms with Crippen LogP contribution in [0.15, 0.2) is 61.2 Å². The van der Waals surface area contributed by atoms with Crippen LogP contribution in [0, 0.1) is 0 Å². The quantitative estimate of drug-likeness (QED) is 0.561. The number of nitrogens with zero attached hydrogens (tertiary/aromatic N) is 4. The molecule has 3 aromatic heterocycles. The second-order valence-electron chi connectivity index (χ2n) is 6.84. The largest absolute Gasteiger partial charge is 0.320 e. The summed E-state index contributed by atoms with van der Waals surface area (Å²) in [6, 6.07) is 11.5. The molecule has 2 N–H and O–H groups in total. The van der Waals surface area contributed by atoms with Gasteiger partial charge in [0.2, 0.25) is 0 Å². The molecule has 0 aliphatic rings. The van der Waals surface area contributed by atoms with Crippen LogP contribution in [-0.4, -0.2) is 45.1 Å². The summed E-state index contributed by atoms with van der Waals surface area (Å²) in [4.78, 5) is 23.1. The number of amides is 1. The van der Waals surface area contributed by atoms with Gasteiger partial charge >= 0.3 is 0 Å². The van der Waals surface area contributed by atoms with Crippen LogP contribution in [0.25, 0.3) is 22.0 Å². The Morgan fingerprint density at radius 3 is 2.64 bits per heavy atom. The van der Waals surface area contributed by atoms with E-state index in [0.29, 0.717) is 11.4 Å². The van der Waals surface area contributed by atoms with Gasteiger partial charge in [-0.2, -0.15) is 5.10 Å². The van der Waals surface area contributed by atoms with Crippen LogP contribution in [0.2, 0.25) is 0 Å². The first-order valence-electron chi connectivity index (χ1n) is 8.89. The Labute approximate surface area is 162 Å². The molecule has 0 spiro atoms. The van der Waals surface area contributed by atoms with Gasteiger partial charge in [0.1, 0.15) is 0 Å². The van der Waals surface area contributed by atoms with E-state index in [9.17, 15) is 4.79 Å². The third-order valence-electron chi connectivity index (χ3n) is 4.34. The van der Waals surface area contributed by atoms with E-state index in [1.54, 1.807) is 24.5 Å². The molecule has 28 heavy (non-hydrogen) atoms. The molecule has 0 atom stereocenters. The van der Waals surface area contributed by atoms with Gasteiger partial charge in [-0.3, -0.25) is 19.9 Å². The zero-order valence-electron chi connectivity index (χ0n) is 15.7. The Kier molecular flexibility index (Phi) is 4.82. The fraction of sp³-hybridized carbons (Fsp3) is 0.143. The Morgan fingerprint density at radius 2 is 1.86 bits per heavy atom. The number of hydrogen-bond acceptors (Lipinski definition) is 5. The Hall–Kier alpha value is -3.58. The number of aromatic amines is 1. The molecule has 0 aliphatic carbocycles. The number of anilines is 1. The topological polar surface area (TPSA) is 86.8 Å². The van der Waals surface area contributed by atoms with E-state index in [0.717, 1.165) is 34.1 Å². The molecule has 4 rings (SSSR count). The lowest BCUT2D eigenvalue weighted by Crippen LogP contribution is -2.12. The normalized spacial score (nSPS) is 11.1. The van der Waals surface area contributed by atoms with E-state index < -0.39 is 0 Å². The van der Waals surface area contributed by atoms with Gasteiger partial charge in [0.05, 0.1) is 5.52 Å². The minimum Gasteiger partial charge on any atom is -0.320 e. The molecule has 3 heterocycles. The summed E-state index contributed by atoms with van der Waals surface area (Å²) < 4.78 is 0. The number of pyridine rings is 2. The maximum absolute atomic E-state index is 12.7. The molecular weight excluding hydrogens is 352 g/mol. The summed E-state index contributed by atoms with van der Waals surface area (Å²) in [6.45, 7) is 0.814. The van der Waals surface area contributed by atoms with Gasteiger partial charge in [-0.1, -0.05) is 6.07 Å². The van der Waals surface area contributed by atoms with Crippen molar-refractivity contribution in [2.24, 2.45) is 0 Å². The lowest BCUT2D eigenvalue weighted by atomic mass is 10.0. The molecule has 0 radical (unpaired) electrons. The van der Waals surface area contributed by atoms with E-state index in [1.807, 2.05) is 44.7 Å². The number of carbonyl (C=O) groups excluding carboxylic acids is 1. The van der Waals surface area contributed by atoms with Crippen molar-refractivity contribution in [1.29, 1.82) is 0 Å². The van der Waals surface area contributed by atoms with Crippen molar-refractivity contribution in [2.75, 3.05) is 19.4 Å². The molecule has 0 bridgehead atoms.